The maximum Gasteiger partial charge on any atom is 0.324 e. The van der Waals surface area contributed by atoms with Crippen molar-refractivity contribution in [2.24, 2.45) is 0 Å². The van der Waals surface area contributed by atoms with Gasteiger partial charge >= 0.3 is 6.03 Å². The van der Waals surface area contributed by atoms with Gasteiger partial charge in [-0.05, 0) is 49.4 Å². The van der Waals surface area contributed by atoms with Gasteiger partial charge in [-0.2, -0.15) is 4.98 Å². The summed E-state index contributed by atoms with van der Waals surface area (Å²) >= 11 is 6.24. The highest BCUT2D eigenvalue weighted by Crippen LogP contribution is 2.35. The van der Waals surface area contributed by atoms with Crippen molar-refractivity contribution in [3.05, 3.63) is 108 Å². The average molecular weight is 608 g/mol. The van der Waals surface area contributed by atoms with Gasteiger partial charge in [0.1, 0.15) is 17.3 Å². The first kappa shape index (κ1) is 28.3. The van der Waals surface area contributed by atoms with Crippen molar-refractivity contribution in [3.8, 4) is 28.9 Å². The number of fused-ring (bicyclic) bond motifs is 1. The molecule has 2 aromatic heterocycles. The van der Waals surface area contributed by atoms with Gasteiger partial charge < -0.3 is 25.2 Å². The first-order chi connectivity index (χ1) is 21.4. The Hall–Kier alpha value is -5.81. The Morgan fingerprint density at radius 2 is 1.68 bits per heavy atom. The van der Waals surface area contributed by atoms with E-state index in [1.807, 2.05) is 55.5 Å². The standard InChI is InChI=1S/C32H26ClN7O4/c1-19-7-10-21(11-8-19)40-28(18-29(41)39-40)37-32(42)36-25-12-14-26(23-6-4-3-5-22(23)25)44-30-15-16-34-31(38-30)35-20-9-13-27(43-2)24(33)17-20/h3-18H,1-2H3,(H,39,41)(H,34,35,38)(H2,36,37,42). The van der Waals surface area contributed by atoms with E-state index in [9.17, 15) is 9.90 Å². The maximum absolute atomic E-state index is 13.1. The average Bonchev–Trinajstić information content (AvgIpc) is 3.38. The number of aromatic nitrogens is 4. The predicted octanol–water partition coefficient (Wildman–Crippen LogP) is 7.67. The Balaban J connectivity index is 1.20. The molecule has 0 spiro atoms. The van der Waals surface area contributed by atoms with Crippen molar-refractivity contribution < 1.29 is 19.4 Å². The third-order valence-electron chi connectivity index (χ3n) is 6.60. The molecule has 220 valence electrons. The molecule has 0 unspecified atom stereocenters. The second-order valence-electron chi connectivity index (χ2n) is 9.67. The molecule has 6 rings (SSSR count). The Morgan fingerprint density at radius 1 is 0.909 bits per heavy atom. The molecule has 6 aromatic rings. The molecule has 0 fully saturated rings. The number of amides is 2. The summed E-state index contributed by atoms with van der Waals surface area (Å²) in [6.07, 6.45) is 1.58. The zero-order valence-corrected chi connectivity index (χ0v) is 24.3. The molecule has 2 amide bonds. The van der Waals surface area contributed by atoms with Gasteiger partial charge in [0.05, 0.1) is 23.5 Å². The van der Waals surface area contributed by atoms with E-state index in [1.165, 1.54) is 10.7 Å². The predicted molar refractivity (Wildman–Crippen MR) is 170 cm³/mol. The summed E-state index contributed by atoms with van der Waals surface area (Å²) in [4.78, 5) is 21.8. The van der Waals surface area contributed by atoms with Crippen molar-refractivity contribution >= 4 is 51.5 Å². The number of nitrogens with one attached hydrogen (secondary N) is 3. The van der Waals surface area contributed by atoms with Gasteiger partial charge in [-0.1, -0.05) is 53.6 Å². The van der Waals surface area contributed by atoms with E-state index in [1.54, 1.807) is 49.7 Å². The van der Waals surface area contributed by atoms with Crippen LogP contribution in [-0.4, -0.2) is 38.0 Å². The number of carbonyl (C=O) groups is 1. The van der Waals surface area contributed by atoms with Crippen LogP contribution in [0.1, 0.15) is 5.56 Å². The number of carbonyl (C=O) groups excluding carboxylic acids is 1. The maximum atomic E-state index is 13.1. The van der Waals surface area contributed by atoms with E-state index < -0.39 is 6.03 Å². The SMILES string of the molecule is COc1ccc(Nc2nccc(Oc3ccc(NC(=O)Nc4cc(O)nn4-c4ccc(C)cc4)c4ccccc34)n2)cc1Cl. The minimum atomic E-state index is -0.512. The number of rotatable bonds is 8. The highest BCUT2D eigenvalue weighted by Gasteiger charge is 2.15. The lowest BCUT2D eigenvalue weighted by Crippen LogP contribution is -2.21. The van der Waals surface area contributed by atoms with Gasteiger partial charge in [0.2, 0.25) is 17.7 Å². The third-order valence-corrected chi connectivity index (χ3v) is 6.90. The number of anilines is 4. The topological polar surface area (TPSA) is 135 Å². The summed E-state index contributed by atoms with van der Waals surface area (Å²) in [7, 11) is 1.55. The molecular formula is C32H26ClN7O4. The first-order valence-corrected chi connectivity index (χ1v) is 13.8. The van der Waals surface area contributed by atoms with Crippen LogP contribution in [0.3, 0.4) is 0 Å². The number of hydrogen-bond acceptors (Lipinski definition) is 8. The number of benzene rings is 4. The summed E-state index contributed by atoms with van der Waals surface area (Å²) in [5, 5.41) is 24.8. The summed E-state index contributed by atoms with van der Waals surface area (Å²) < 4.78 is 12.8. The lowest BCUT2D eigenvalue weighted by atomic mass is 10.1. The number of aryl methyl sites for hydroxylation is 1. The Bertz CT molecular complexity index is 1980. The molecule has 4 N–H and O–H groups in total. The van der Waals surface area contributed by atoms with Gasteiger partial charge in [0.25, 0.3) is 0 Å². The minimum absolute atomic E-state index is 0.219. The zero-order chi connectivity index (χ0) is 30.6. The number of halogens is 1. The summed E-state index contributed by atoms with van der Waals surface area (Å²) in [5.74, 6) is 1.81. The molecular weight excluding hydrogens is 582 g/mol. The highest BCUT2D eigenvalue weighted by molar-refractivity contribution is 6.32. The van der Waals surface area contributed by atoms with Gasteiger partial charge in [-0.25, -0.2) is 14.5 Å². The molecule has 44 heavy (non-hydrogen) atoms. The van der Waals surface area contributed by atoms with Crippen LogP contribution in [0.2, 0.25) is 5.02 Å². The van der Waals surface area contributed by atoms with Crippen molar-refractivity contribution in [2.45, 2.75) is 6.92 Å². The second-order valence-corrected chi connectivity index (χ2v) is 10.1. The number of ether oxygens (including phenoxy) is 2. The number of urea groups is 1. The quantitative estimate of drug-likeness (QED) is 0.138. The fourth-order valence-corrected chi connectivity index (χ4v) is 4.78. The van der Waals surface area contributed by atoms with Gasteiger partial charge in [0.15, 0.2) is 0 Å². The van der Waals surface area contributed by atoms with Crippen LogP contribution in [-0.2, 0) is 0 Å². The lowest BCUT2D eigenvalue weighted by molar-refractivity contribution is 0.262. The van der Waals surface area contributed by atoms with E-state index in [4.69, 9.17) is 21.1 Å². The molecule has 4 aromatic carbocycles. The number of hydrogen-bond donors (Lipinski definition) is 4. The van der Waals surface area contributed by atoms with Crippen LogP contribution in [0, 0.1) is 6.92 Å². The van der Waals surface area contributed by atoms with Crippen molar-refractivity contribution in [3.63, 3.8) is 0 Å². The normalized spacial score (nSPS) is 10.8. The largest absolute Gasteiger partial charge is 0.495 e. The van der Waals surface area contributed by atoms with Gasteiger partial charge in [-0.3, -0.25) is 5.32 Å². The molecule has 0 saturated heterocycles. The van der Waals surface area contributed by atoms with Crippen molar-refractivity contribution in [1.82, 2.24) is 19.7 Å². The van der Waals surface area contributed by atoms with Crippen LogP contribution in [0.5, 0.6) is 23.3 Å². The molecule has 12 heteroatoms. The molecule has 0 aliphatic carbocycles. The van der Waals surface area contributed by atoms with Gasteiger partial charge in [0, 0.05) is 34.8 Å². The molecule has 11 nitrogen and oxygen atoms in total. The van der Waals surface area contributed by atoms with E-state index in [-0.39, 0.29) is 5.88 Å². The van der Waals surface area contributed by atoms with Crippen LogP contribution in [0.25, 0.3) is 16.5 Å². The Kier molecular flexibility index (Phi) is 7.85. The molecule has 0 saturated carbocycles. The minimum Gasteiger partial charge on any atom is -0.495 e. The third kappa shape index (κ3) is 6.18. The fourth-order valence-electron chi connectivity index (χ4n) is 4.52. The van der Waals surface area contributed by atoms with Crippen LogP contribution >= 0.6 is 11.6 Å². The zero-order valence-electron chi connectivity index (χ0n) is 23.6. The van der Waals surface area contributed by atoms with E-state index in [2.05, 4.69) is 31.0 Å². The lowest BCUT2D eigenvalue weighted by Gasteiger charge is -2.14. The first-order valence-electron chi connectivity index (χ1n) is 13.4. The van der Waals surface area contributed by atoms with Crippen molar-refractivity contribution in [1.29, 1.82) is 0 Å². The molecule has 0 aliphatic heterocycles. The molecule has 0 radical (unpaired) electrons. The fraction of sp³-hybridized carbons (Fsp3) is 0.0625. The van der Waals surface area contributed by atoms with E-state index in [0.29, 0.717) is 51.2 Å². The Labute approximate surface area is 257 Å². The molecule has 2 heterocycles. The number of aromatic hydroxyl groups is 1. The highest BCUT2D eigenvalue weighted by atomic mass is 35.5. The van der Waals surface area contributed by atoms with Crippen LogP contribution in [0.15, 0.2) is 97.2 Å². The molecule has 0 bridgehead atoms. The number of nitrogens with zero attached hydrogens (tertiary/aromatic N) is 4. The van der Waals surface area contributed by atoms with Crippen LogP contribution < -0.4 is 25.4 Å². The summed E-state index contributed by atoms with van der Waals surface area (Å²) in [6, 6.07) is 26.3. The van der Waals surface area contributed by atoms with E-state index in [0.717, 1.165) is 16.3 Å². The number of methoxy groups -OCH3 is 1. The van der Waals surface area contributed by atoms with Gasteiger partial charge in [-0.15, -0.1) is 5.10 Å². The summed E-state index contributed by atoms with van der Waals surface area (Å²) in [5.41, 5.74) is 3.00. The second kappa shape index (κ2) is 12.2. The monoisotopic (exact) mass is 607 g/mol. The summed E-state index contributed by atoms with van der Waals surface area (Å²) in [6.45, 7) is 1.97. The smallest absolute Gasteiger partial charge is 0.324 e. The van der Waals surface area contributed by atoms with Crippen molar-refractivity contribution in [2.75, 3.05) is 23.1 Å². The molecule has 0 atom stereocenters. The Morgan fingerprint density at radius 3 is 2.45 bits per heavy atom. The van der Waals surface area contributed by atoms with Crippen LogP contribution in [0.4, 0.5) is 27.9 Å². The molecule has 0 aliphatic rings. The van der Waals surface area contributed by atoms with E-state index >= 15 is 0 Å².